The molecule has 0 bridgehead atoms. The second-order valence-electron chi connectivity index (χ2n) is 8.16. The molecule has 8 nitrogen and oxygen atoms in total. The number of hydrogen-bond donors (Lipinski definition) is 0. The van der Waals surface area contributed by atoms with Gasteiger partial charge in [-0.3, -0.25) is 10.1 Å². The number of sulfone groups is 1. The molecule has 0 N–H and O–H groups in total. The molecule has 2 aromatic rings. The number of rotatable bonds is 5. The summed E-state index contributed by atoms with van der Waals surface area (Å²) in [4.78, 5) is 17.4. The van der Waals surface area contributed by atoms with Crippen LogP contribution in [-0.2, 0) is 16.0 Å². The number of aromatic nitrogens is 1. The first-order valence-corrected chi connectivity index (χ1v) is 11.8. The molecule has 1 aromatic heterocycles. The minimum Gasteiger partial charge on any atom is -0.368 e. The van der Waals surface area contributed by atoms with Gasteiger partial charge in [-0.1, -0.05) is 13.8 Å². The number of nitro groups is 1. The lowest BCUT2D eigenvalue weighted by Gasteiger charge is -2.44. The molecule has 2 heterocycles. The van der Waals surface area contributed by atoms with Crippen molar-refractivity contribution in [3.8, 4) is 0 Å². The molecule has 0 saturated carbocycles. The van der Waals surface area contributed by atoms with Crippen molar-refractivity contribution < 1.29 is 30.9 Å². The fraction of sp³-hybridized carbons (Fsp3) is 0.450. The van der Waals surface area contributed by atoms with Crippen LogP contribution in [0, 0.1) is 21.8 Å². The highest BCUT2D eigenvalue weighted by Crippen LogP contribution is 2.37. The molecule has 0 spiro atoms. The Kier molecular flexibility index (Phi) is 6.55. The Morgan fingerprint density at radius 1 is 1.21 bits per heavy atom. The maximum Gasteiger partial charge on any atom is 0.418 e. The van der Waals surface area contributed by atoms with E-state index in [1.54, 1.807) is 4.90 Å². The number of pyridine rings is 1. The second-order valence-corrected chi connectivity index (χ2v) is 10.1. The summed E-state index contributed by atoms with van der Waals surface area (Å²) in [5.41, 5.74) is -1.50. The maximum absolute atomic E-state index is 14.0. The number of anilines is 2. The van der Waals surface area contributed by atoms with E-state index in [4.69, 9.17) is 0 Å². The minimum absolute atomic E-state index is 0.0914. The zero-order valence-electron chi connectivity index (χ0n) is 18.0. The summed E-state index contributed by atoms with van der Waals surface area (Å²) >= 11 is 0. The Hall–Kier alpha value is -2.96. The van der Waals surface area contributed by atoms with Gasteiger partial charge in [0.2, 0.25) is 5.82 Å². The van der Waals surface area contributed by atoms with Gasteiger partial charge < -0.3 is 9.80 Å². The number of benzene rings is 1. The quantitative estimate of drug-likeness (QED) is 0.356. The summed E-state index contributed by atoms with van der Waals surface area (Å²) in [5.74, 6) is -1.13. The summed E-state index contributed by atoms with van der Waals surface area (Å²) in [6.45, 7) is 4.41. The first-order chi connectivity index (χ1) is 15.2. The highest BCUT2D eigenvalue weighted by molar-refractivity contribution is 7.90. The van der Waals surface area contributed by atoms with Crippen molar-refractivity contribution in [1.29, 1.82) is 0 Å². The van der Waals surface area contributed by atoms with Gasteiger partial charge in [0.05, 0.1) is 16.5 Å². The molecule has 0 radical (unpaired) electrons. The first-order valence-electron chi connectivity index (χ1n) is 9.93. The third-order valence-corrected chi connectivity index (χ3v) is 6.62. The van der Waals surface area contributed by atoms with Gasteiger partial charge in [0.15, 0.2) is 9.84 Å². The molecule has 0 unspecified atom stereocenters. The molecule has 1 atom stereocenters. The van der Waals surface area contributed by atoms with Crippen LogP contribution in [0.15, 0.2) is 35.4 Å². The van der Waals surface area contributed by atoms with Crippen LogP contribution in [0.4, 0.5) is 34.8 Å². The van der Waals surface area contributed by atoms with E-state index in [0.29, 0.717) is 18.0 Å². The van der Waals surface area contributed by atoms with Crippen LogP contribution < -0.4 is 9.80 Å². The van der Waals surface area contributed by atoms with Gasteiger partial charge in [0.1, 0.15) is 10.7 Å². The summed E-state index contributed by atoms with van der Waals surface area (Å²) < 4.78 is 76.9. The van der Waals surface area contributed by atoms with E-state index in [9.17, 15) is 36.1 Å². The summed E-state index contributed by atoms with van der Waals surface area (Å²) in [6, 6.07) is 3.81. The molecule has 3 rings (SSSR count). The molecule has 13 heteroatoms. The molecule has 1 saturated heterocycles. The average molecular weight is 490 g/mol. The Morgan fingerprint density at radius 3 is 2.42 bits per heavy atom. The van der Waals surface area contributed by atoms with Crippen LogP contribution in [0.2, 0.25) is 0 Å². The Labute approximate surface area is 187 Å². The first kappa shape index (κ1) is 24.7. The third kappa shape index (κ3) is 5.18. The average Bonchev–Trinajstić information content (AvgIpc) is 2.71. The molecule has 1 fully saturated rings. The lowest BCUT2D eigenvalue weighted by atomic mass is 9.98. The van der Waals surface area contributed by atoms with Gasteiger partial charge in [-0.15, -0.1) is 0 Å². The van der Waals surface area contributed by atoms with Crippen molar-refractivity contribution in [2.45, 2.75) is 31.0 Å². The minimum atomic E-state index is -4.77. The molecule has 33 heavy (non-hydrogen) atoms. The van der Waals surface area contributed by atoms with Crippen molar-refractivity contribution in [3.63, 3.8) is 0 Å². The van der Waals surface area contributed by atoms with Gasteiger partial charge in [-0.25, -0.2) is 17.8 Å². The molecular formula is C20H22F4N4O4S. The van der Waals surface area contributed by atoms with E-state index in [-0.39, 0.29) is 31.4 Å². The van der Waals surface area contributed by atoms with E-state index in [2.05, 4.69) is 4.98 Å². The summed E-state index contributed by atoms with van der Waals surface area (Å²) in [6.07, 6.45) is -3.30. The molecule has 1 aliphatic heterocycles. The van der Waals surface area contributed by atoms with Crippen LogP contribution in [-0.4, -0.2) is 50.3 Å². The van der Waals surface area contributed by atoms with Gasteiger partial charge >= 0.3 is 11.9 Å². The van der Waals surface area contributed by atoms with Crippen LogP contribution in [0.25, 0.3) is 0 Å². The van der Waals surface area contributed by atoms with Crippen molar-refractivity contribution in [2.75, 3.05) is 35.7 Å². The maximum atomic E-state index is 14.0. The standard InChI is InChI=1S/C20H22F4N4O4S/c1-12(2)17-11-26(14-4-5-15(21)18(9-14)33(3,31)32)6-7-27(17)19-16(28(29)30)8-13(10-25-19)20(22,23)24/h4-5,8-10,12,17H,6-7,11H2,1-3H3/t17-/m0/s1. The number of halogens is 4. The van der Waals surface area contributed by atoms with E-state index >= 15 is 0 Å². The van der Waals surface area contributed by atoms with Crippen LogP contribution in [0.1, 0.15) is 19.4 Å². The Bertz CT molecular complexity index is 1170. The number of nitrogens with zero attached hydrogens (tertiary/aromatic N) is 4. The van der Waals surface area contributed by atoms with Crippen molar-refractivity contribution in [1.82, 2.24) is 4.98 Å². The molecule has 180 valence electrons. The highest BCUT2D eigenvalue weighted by Gasteiger charge is 2.38. The van der Waals surface area contributed by atoms with Gasteiger partial charge in [-0.2, -0.15) is 13.2 Å². The van der Waals surface area contributed by atoms with E-state index in [1.165, 1.54) is 12.1 Å². The molecule has 1 aromatic carbocycles. The zero-order chi connectivity index (χ0) is 24.7. The zero-order valence-corrected chi connectivity index (χ0v) is 18.8. The van der Waals surface area contributed by atoms with Crippen molar-refractivity contribution >= 4 is 27.0 Å². The highest BCUT2D eigenvalue weighted by atomic mass is 32.2. The topological polar surface area (TPSA) is 96.7 Å². The third-order valence-electron chi connectivity index (χ3n) is 5.51. The van der Waals surface area contributed by atoms with E-state index in [0.717, 1.165) is 12.3 Å². The lowest BCUT2D eigenvalue weighted by molar-refractivity contribution is -0.384. The van der Waals surface area contributed by atoms with Gasteiger partial charge in [0.25, 0.3) is 0 Å². The largest absolute Gasteiger partial charge is 0.418 e. The second kappa shape index (κ2) is 8.76. The lowest BCUT2D eigenvalue weighted by Crippen LogP contribution is -2.56. The van der Waals surface area contributed by atoms with Crippen molar-refractivity contribution in [3.05, 3.63) is 52.0 Å². The van der Waals surface area contributed by atoms with Crippen LogP contribution >= 0.6 is 0 Å². The van der Waals surface area contributed by atoms with Crippen LogP contribution in [0.5, 0.6) is 0 Å². The number of piperazine rings is 1. The van der Waals surface area contributed by atoms with E-state index in [1.807, 2.05) is 18.7 Å². The predicted molar refractivity (Wildman–Crippen MR) is 114 cm³/mol. The number of alkyl halides is 3. The monoisotopic (exact) mass is 490 g/mol. The van der Waals surface area contributed by atoms with Gasteiger partial charge in [-0.05, 0) is 24.1 Å². The SMILES string of the molecule is CC(C)[C@@H]1CN(c2ccc(F)c(S(C)(=O)=O)c2)CCN1c1ncc(C(F)(F)F)cc1[N+](=O)[O-]. The predicted octanol–water partition coefficient (Wildman–Crippen LogP) is 3.90. The fourth-order valence-corrected chi connectivity index (χ4v) is 4.56. The number of hydrogen-bond acceptors (Lipinski definition) is 7. The molecule has 0 amide bonds. The summed E-state index contributed by atoms with van der Waals surface area (Å²) in [7, 11) is -3.80. The smallest absolute Gasteiger partial charge is 0.368 e. The van der Waals surface area contributed by atoms with Crippen molar-refractivity contribution in [2.24, 2.45) is 5.92 Å². The Morgan fingerprint density at radius 2 is 1.88 bits per heavy atom. The van der Waals surface area contributed by atoms with Gasteiger partial charge in [0, 0.05) is 43.8 Å². The normalized spacial score (nSPS) is 17.5. The van der Waals surface area contributed by atoms with E-state index < -0.39 is 48.9 Å². The van der Waals surface area contributed by atoms with Crippen LogP contribution in [0.3, 0.4) is 0 Å². The Balaban J connectivity index is 1.97. The summed E-state index contributed by atoms with van der Waals surface area (Å²) in [5, 5.41) is 11.5. The molecule has 0 aliphatic carbocycles. The fourth-order valence-electron chi connectivity index (χ4n) is 3.81. The molecule has 1 aliphatic rings. The molecular weight excluding hydrogens is 468 g/mol.